The first-order chi connectivity index (χ1) is 14.1. The summed E-state index contributed by atoms with van der Waals surface area (Å²) in [6.45, 7) is 3.47. The van der Waals surface area contributed by atoms with E-state index in [4.69, 9.17) is 9.94 Å². The lowest BCUT2D eigenvalue weighted by molar-refractivity contribution is -0.136. The van der Waals surface area contributed by atoms with E-state index in [2.05, 4.69) is 34.1 Å². The van der Waals surface area contributed by atoms with Gasteiger partial charge in [0.2, 0.25) is 0 Å². The topological polar surface area (TPSA) is 70.9 Å². The normalized spacial score (nSPS) is 11.4. The molecule has 2 N–H and O–H groups in total. The largest absolute Gasteiger partial charge is 0.481 e. The van der Waals surface area contributed by atoms with Crippen LogP contribution < -0.4 is 5.32 Å². The number of oxime groups is 1. The zero-order valence-electron chi connectivity index (χ0n) is 16.3. The molecule has 3 aromatic rings. The maximum Gasteiger partial charge on any atom is 0.304 e. The van der Waals surface area contributed by atoms with Crippen LogP contribution in [-0.4, -0.2) is 23.3 Å². The van der Waals surface area contributed by atoms with Gasteiger partial charge in [-0.05, 0) is 40.6 Å². The van der Waals surface area contributed by atoms with Crippen molar-refractivity contribution < 1.29 is 14.7 Å². The molecule has 2 aromatic carbocycles. The predicted molar refractivity (Wildman–Crippen MR) is 117 cm³/mol. The Morgan fingerprint density at radius 3 is 2.59 bits per heavy atom. The fourth-order valence-electron chi connectivity index (χ4n) is 2.78. The van der Waals surface area contributed by atoms with Crippen molar-refractivity contribution in [1.29, 1.82) is 0 Å². The summed E-state index contributed by atoms with van der Waals surface area (Å²) in [5.41, 5.74) is 5.31. The van der Waals surface area contributed by atoms with Crippen LogP contribution in [0, 0.1) is 0 Å². The van der Waals surface area contributed by atoms with Crippen LogP contribution in [-0.2, 0) is 22.8 Å². The van der Waals surface area contributed by atoms with E-state index in [-0.39, 0.29) is 6.42 Å². The summed E-state index contributed by atoms with van der Waals surface area (Å²) < 4.78 is 0. The average Bonchev–Trinajstić information content (AvgIpc) is 3.21. The molecule has 0 saturated heterocycles. The lowest BCUT2D eigenvalue weighted by atomic mass is 10.1. The van der Waals surface area contributed by atoms with Gasteiger partial charge < -0.3 is 15.3 Å². The highest BCUT2D eigenvalue weighted by Gasteiger charge is 2.04. The monoisotopic (exact) mass is 408 g/mol. The molecule has 1 aromatic heterocycles. The van der Waals surface area contributed by atoms with E-state index >= 15 is 0 Å². The zero-order valence-corrected chi connectivity index (χ0v) is 17.1. The molecule has 29 heavy (non-hydrogen) atoms. The van der Waals surface area contributed by atoms with Gasteiger partial charge in [-0.1, -0.05) is 59.8 Å². The van der Waals surface area contributed by atoms with Gasteiger partial charge in [0.1, 0.15) is 0 Å². The summed E-state index contributed by atoms with van der Waals surface area (Å²) in [6.07, 6.45) is 0.123. The number of carbonyl (C=O) groups is 1. The molecular weight excluding hydrogens is 384 g/mol. The van der Waals surface area contributed by atoms with Gasteiger partial charge >= 0.3 is 5.97 Å². The summed E-state index contributed by atoms with van der Waals surface area (Å²) in [7, 11) is 0. The first-order valence-corrected chi connectivity index (χ1v) is 10.3. The summed E-state index contributed by atoms with van der Waals surface area (Å²) >= 11 is 1.67. The van der Waals surface area contributed by atoms with Gasteiger partial charge in [0, 0.05) is 18.0 Å². The van der Waals surface area contributed by atoms with Crippen LogP contribution in [0.15, 0.2) is 71.2 Å². The molecule has 0 saturated carbocycles. The quantitative estimate of drug-likeness (QED) is 0.284. The number of benzene rings is 2. The predicted octanol–water partition coefficient (Wildman–Crippen LogP) is 4.92. The van der Waals surface area contributed by atoms with E-state index in [1.165, 1.54) is 11.1 Å². The van der Waals surface area contributed by atoms with Gasteiger partial charge in [-0.15, -0.1) is 11.3 Å². The number of nitrogens with one attached hydrogen (secondary N) is 1. The third-order valence-corrected chi connectivity index (χ3v) is 5.30. The standard InChI is InChI=1S/C23H24N2O3S/c1-17(19-9-7-18(8-10-19)14-24-12-11-23(26)27)25-28-15-22-13-21(16-29-22)20-5-3-2-4-6-20/h2-10,13,16,24H,11-12,14-15H2,1H3,(H,26,27). The van der Waals surface area contributed by atoms with Crippen molar-refractivity contribution in [3.8, 4) is 11.1 Å². The van der Waals surface area contributed by atoms with Crippen molar-refractivity contribution in [1.82, 2.24) is 5.32 Å². The lowest BCUT2D eigenvalue weighted by Crippen LogP contribution is -2.17. The average molecular weight is 409 g/mol. The molecular formula is C23H24N2O3S. The molecule has 0 spiro atoms. The van der Waals surface area contributed by atoms with E-state index < -0.39 is 5.97 Å². The number of aliphatic carboxylic acids is 1. The number of rotatable bonds is 10. The van der Waals surface area contributed by atoms with E-state index in [0.717, 1.165) is 21.7 Å². The molecule has 6 heteroatoms. The number of carboxylic acid groups (broad SMARTS) is 1. The van der Waals surface area contributed by atoms with Crippen LogP contribution in [0.3, 0.4) is 0 Å². The summed E-state index contributed by atoms with van der Waals surface area (Å²) in [5.74, 6) is -0.793. The Kier molecular flexibility index (Phi) is 7.55. The second kappa shape index (κ2) is 10.5. The Morgan fingerprint density at radius 1 is 1.10 bits per heavy atom. The van der Waals surface area contributed by atoms with Crippen LogP contribution in [0.1, 0.15) is 29.3 Å². The van der Waals surface area contributed by atoms with Crippen LogP contribution >= 0.6 is 11.3 Å². The maximum atomic E-state index is 10.5. The van der Waals surface area contributed by atoms with E-state index in [0.29, 0.717) is 19.7 Å². The highest BCUT2D eigenvalue weighted by Crippen LogP contribution is 2.25. The van der Waals surface area contributed by atoms with Gasteiger partial charge in [0.25, 0.3) is 0 Å². The van der Waals surface area contributed by atoms with Crippen LogP contribution in [0.2, 0.25) is 0 Å². The molecule has 0 fully saturated rings. The van der Waals surface area contributed by atoms with Gasteiger partial charge in [0.15, 0.2) is 6.61 Å². The molecule has 3 rings (SSSR count). The summed E-state index contributed by atoms with van der Waals surface area (Å²) in [6, 6.07) is 20.4. The Balaban J connectivity index is 1.48. The van der Waals surface area contributed by atoms with Crippen LogP contribution in [0.4, 0.5) is 0 Å². The molecule has 0 bridgehead atoms. The van der Waals surface area contributed by atoms with Crippen molar-refractivity contribution in [2.75, 3.05) is 6.54 Å². The molecule has 0 amide bonds. The minimum Gasteiger partial charge on any atom is -0.481 e. The third kappa shape index (κ3) is 6.55. The number of thiophene rings is 1. The van der Waals surface area contributed by atoms with Gasteiger partial charge in [-0.2, -0.15) is 0 Å². The van der Waals surface area contributed by atoms with Crippen molar-refractivity contribution in [3.05, 3.63) is 82.0 Å². The fraction of sp³-hybridized carbons (Fsp3) is 0.217. The molecule has 150 valence electrons. The molecule has 0 radical (unpaired) electrons. The number of hydrogen-bond acceptors (Lipinski definition) is 5. The van der Waals surface area contributed by atoms with Crippen molar-refractivity contribution >= 4 is 23.0 Å². The molecule has 5 nitrogen and oxygen atoms in total. The molecule has 0 aliphatic carbocycles. The minimum absolute atomic E-state index is 0.123. The van der Waals surface area contributed by atoms with Gasteiger partial charge in [-0.3, -0.25) is 4.79 Å². The summed E-state index contributed by atoms with van der Waals surface area (Å²) in [5, 5.41) is 18.1. The van der Waals surface area contributed by atoms with Crippen molar-refractivity contribution in [2.45, 2.75) is 26.5 Å². The Labute approximate surface area is 174 Å². The molecule has 0 atom stereocenters. The van der Waals surface area contributed by atoms with Crippen LogP contribution in [0.25, 0.3) is 11.1 Å². The Bertz CT molecular complexity index is 950. The zero-order chi connectivity index (χ0) is 20.5. The van der Waals surface area contributed by atoms with Crippen molar-refractivity contribution in [2.24, 2.45) is 5.16 Å². The van der Waals surface area contributed by atoms with E-state index in [9.17, 15) is 4.79 Å². The molecule has 1 heterocycles. The van der Waals surface area contributed by atoms with E-state index in [1.54, 1.807) is 11.3 Å². The fourth-order valence-corrected chi connectivity index (χ4v) is 3.57. The second-order valence-corrected chi connectivity index (χ2v) is 7.63. The highest BCUT2D eigenvalue weighted by molar-refractivity contribution is 7.10. The first kappa shape index (κ1) is 20.8. The van der Waals surface area contributed by atoms with Gasteiger partial charge in [-0.25, -0.2) is 0 Å². The van der Waals surface area contributed by atoms with E-state index in [1.807, 2.05) is 49.4 Å². The lowest BCUT2D eigenvalue weighted by Gasteiger charge is -2.05. The number of carboxylic acids is 1. The van der Waals surface area contributed by atoms with Gasteiger partial charge in [0.05, 0.1) is 12.1 Å². The highest BCUT2D eigenvalue weighted by atomic mass is 32.1. The SMILES string of the molecule is CC(=NOCc1cc(-c2ccccc2)cs1)c1ccc(CNCCC(=O)O)cc1. The summed E-state index contributed by atoms with van der Waals surface area (Å²) in [4.78, 5) is 17.2. The second-order valence-electron chi connectivity index (χ2n) is 6.64. The minimum atomic E-state index is -0.793. The van der Waals surface area contributed by atoms with Crippen LogP contribution in [0.5, 0.6) is 0 Å². The smallest absolute Gasteiger partial charge is 0.304 e. The third-order valence-electron chi connectivity index (χ3n) is 4.39. The molecule has 0 aliphatic rings. The molecule has 0 aliphatic heterocycles. The number of nitrogens with zero attached hydrogens (tertiary/aromatic N) is 1. The molecule has 0 unspecified atom stereocenters. The number of hydrogen-bond donors (Lipinski definition) is 2. The Hall–Kier alpha value is -2.96. The van der Waals surface area contributed by atoms with Crippen molar-refractivity contribution in [3.63, 3.8) is 0 Å². The first-order valence-electron chi connectivity index (χ1n) is 9.43. The Morgan fingerprint density at radius 2 is 1.86 bits per heavy atom. The maximum absolute atomic E-state index is 10.5.